The van der Waals surface area contributed by atoms with E-state index in [1.54, 1.807) is 26.4 Å². The highest BCUT2D eigenvalue weighted by Gasteiger charge is 2.10. The normalized spacial score (nSPS) is 10.5. The summed E-state index contributed by atoms with van der Waals surface area (Å²) < 4.78 is 10.5. The molecule has 9 heteroatoms. The summed E-state index contributed by atoms with van der Waals surface area (Å²) in [6.07, 6.45) is 0.652. The predicted molar refractivity (Wildman–Crippen MR) is 115 cm³/mol. The van der Waals surface area contributed by atoms with E-state index in [2.05, 4.69) is 20.5 Å². The molecular formula is C21H22N4O4S. The molecule has 0 fully saturated rings. The van der Waals surface area contributed by atoms with Crippen LogP contribution in [0.3, 0.4) is 0 Å². The first kappa shape index (κ1) is 21.4. The largest absolute Gasteiger partial charge is 0.493 e. The van der Waals surface area contributed by atoms with Gasteiger partial charge in [0.25, 0.3) is 5.56 Å². The van der Waals surface area contributed by atoms with Crippen molar-refractivity contribution in [3.05, 3.63) is 64.4 Å². The summed E-state index contributed by atoms with van der Waals surface area (Å²) in [4.78, 5) is 27.0. The number of nitrogens with one attached hydrogen (secondary N) is 2. The molecule has 0 unspecified atom stereocenters. The second-order valence-corrected chi connectivity index (χ2v) is 7.22. The van der Waals surface area contributed by atoms with Crippen molar-refractivity contribution in [1.82, 2.24) is 20.5 Å². The minimum absolute atomic E-state index is 0.126. The van der Waals surface area contributed by atoms with Crippen LogP contribution in [-0.2, 0) is 11.2 Å². The van der Waals surface area contributed by atoms with Crippen LogP contribution < -0.4 is 20.3 Å². The van der Waals surface area contributed by atoms with Gasteiger partial charge in [-0.25, -0.2) is 0 Å². The van der Waals surface area contributed by atoms with Crippen LogP contribution in [0.4, 0.5) is 0 Å². The molecule has 0 aliphatic heterocycles. The second-order valence-electron chi connectivity index (χ2n) is 6.25. The van der Waals surface area contributed by atoms with Crippen LogP contribution in [-0.4, -0.2) is 47.6 Å². The van der Waals surface area contributed by atoms with Crippen molar-refractivity contribution >= 4 is 17.7 Å². The minimum atomic E-state index is -0.340. The van der Waals surface area contributed by atoms with E-state index in [4.69, 9.17) is 9.47 Å². The number of benzene rings is 2. The third-order valence-corrected chi connectivity index (χ3v) is 5.11. The zero-order chi connectivity index (χ0) is 21.3. The topological polar surface area (TPSA) is 106 Å². The van der Waals surface area contributed by atoms with Crippen molar-refractivity contribution in [2.45, 2.75) is 11.6 Å². The van der Waals surface area contributed by atoms with E-state index in [0.717, 1.165) is 17.3 Å². The van der Waals surface area contributed by atoms with Crippen LogP contribution in [0.15, 0.2) is 58.5 Å². The van der Waals surface area contributed by atoms with E-state index >= 15 is 0 Å². The average Bonchev–Trinajstić information content (AvgIpc) is 2.78. The molecule has 30 heavy (non-hydrogen) atoms. The smallest absolute Gasteiger partial charge is 0.278 e. The van der Waals surface area contributed by atoms with E-state index in [0.29, 0.717) is 35.2 Å². The first-order valence-corrected chi connectivity index (χ1v) is 10.2. The molecule has 1 aromatic heterocycles. The summed E-state index contributed by atoms with van der Waals surface area (Å²) in [6, 6.07) is 14.7. The van der Waals surface area contributed by atoms with Gasteiger partial charge in [-0.3, -0.25) is 14.6 Å². The number of carbonyl (C=O) groups is 1. The van der Waals surface area contributed by atoms with E-state index in [9.17, 15) is 9.59 Å². The Labute approximate surface area is 178 Å². The Bertz CT molecular complexity index is 1060. The molecular weight excluding hydrogens is 404 g/mol. The molecule has 2 N–H and O–H groups in total. The van der Waals surface area contributed by atoms with Gasteiger partial charge in [-0.15, -0.1) is 10.2 Å². The maximum Gasteiger partial charge on any atom is 0.278 e. The first-order chi connectivity index (χ1) is 14.6. The molecule has 0 spiro atoms. The predicted octanol–water partition coefficient (Wildman–Crippen LogP) is 2.30. The first-order valence-electron chi connectivity index (χ1n) is 9.23. The fraction of sp³-hybridized carbons (Fsp3) is 0.238. The maximum atomic E-state index is 12.2. The van der Waals surface area contributed by atoms with Crippen molar-refractivity contribution in [1.29, 1.82) is 0 Å². The van der Waals surface area contributed by atoms with E-state index in [-0.39, 0.29) is 22.9 Å². The van der Waals surface area contributed by atoms with Gasteiger partial charge in [-0.1, -0.05) is 48.2 Å². The number of aromatic nitrogens is 3. The summed E-state index contributed by atoms with van der Waals surface area (Å²) >= 11 is 1.13. The van der Waals surface area contributed by atoms with Gasteiger partial charge in [0.2, 0.25) is 5.91 Å². The number of aromatic amines is 1. The van der Waals surface area contributed by atoms with Crippen LogP contribution in [0.5, 0.6) is 11.5 Å². The molecule has 0 aliphatic rings. The summed E-state index contributed by atoms with van der Waals surface area (Å²) in [5.41, 5.74) is 1.62. The quantitative estimate of drug-likeness (QED) is 0.506. The number of ether oxygens (including phenoxy) is 2. The SMILES string of the molecule is COc1ccc(CCNC(=O)CSc2nnc(-c3ccccc3)c(=O)[nH]2)cc1OC. The van der Waals surface area contributed by atoms with Crippen molar-refractivity contribution < 1.29 is 14.3 Å². The van der Waals surface area contributed by atoms with Crippen molar-refractivity contribution in [3.63, 3.8) is 0 Å². The highest BCUT2D eigenvalue weighted by atomic mass is 32.2. The standard InChI is InChI=1S/C21H22N4O4S/c1-28-16-9-8-14(12-17(16)29-2)10-11-22-18(26)13-30-21-23-20(27)19(24-25-21)15-6-4-3-5-7-15/h3-9,12H,10-11,13H2,1-2H3,(H,22,26)(H,23,25,27). The molecule has 0 atom stereocenters. The Morgan fingerprint density at radius 2 is 1.83 bits per heavy atom. The zero-order valence-corrected chi connectivity index (χ0v) is 17.5. The summed E-state index contributed by atoms with van der Waals surface area (Å²) in [5.74, 6) is 1.28. The molecule has 156 valence electrons. The van der Waals surface area contributed by atoms with Gasteiger partial charge in [-0.2, -0.15) is 0 Å². The fourth-order valence-corrected chi connectivity index (χ4v) is 3.37. The number of rotatable bonds is 9. The Kier molecular flexibility index (Phi) is 7.45. The Morgan fingerprint density at radius 3 is 2.53 bits per heavy atom. The molecule has 2 aromatic carbocycles. The van der Waals surface area contributed by atoms with Gasteiger partial charge in [0.1, 0.15) is 0 Å². The molecule has 0 bridgehead atoms. The lowest BCUT2D eigenvalue weighted by molar-refractivity contribution is -0.118. The summed E-state index contributed by atoms with van der Waals surface area (Å²) in [6.45, 7) is 0.476. The second kappa shape index (κ2) is 10.4. The molecule has 0 saturated heterocycles. The van der Waals surface area contributed by atoms with Gasteiger partial charge in [0.05, 0.1) is 20.0 Å². The monoisotopic (exact) mass is 426 g/mol. The van der Waals surface area contributed by atoms with E-state index < -0.39 is 0 Å². The van der Waals surface area contributed by atoms with Crippen LogP contribution in [0, 0.1) is 0 Å². The van der Waals surface area contributed by atoms with Crippen LogP contribution in [0.1, 0.15) is 5.56 Å². The Hall–Kier alpha value is -3.33. The number of carbonyl (C=O) groups excluding carboxylic acids is 1. The molecule has 1 amide bonds. The third-order valence-electron chi connectivity index (χ3n) is 4.25. The molecule has 0 saturated carbocycles. The van der Waals surface area contributed by atoms with Gasteiger partial charge in [-0.05, 0) is 24.1 Å². The van der Waals surface area contributed by atoms with Crippen molar-refractivity contribution in [3.8, 4) is 22.8 Å². The molecule has 3 aromatic rings. The third kappa shape index (κ3) is 5.60. The number of hydrogen-bond donors (Lipinski definition) is 2. The lowest BCUT2D eigenvalue weighted by Crippen LogP contribution is -2.27. The highest BCUT2D eigenvalue weighted by Crippen LogP contribution is 2.27. The van der Waals surface area contributed by atoms with E-state index in [1.165, 1.54) is 0 Å². The number of amides is 1. The number of thioether (sulfide) groups is 1. The molecule has 3 rings (SSSR count). The van der Waals surface area contributed by atoms with Gasteiger partial charge < -0.3 is 14.8 Å². The van der Waals surface area contributed by atoms with Gasteiger partial charge >= 0.3 is 0 Å². The summed E-state index contributed by atoms with van der Waals surface area (Å²) in [7, 11) is 3.17. The van der Waals surface area contributed by atoms with Gasteiger partial charge in [0.15, 0.2) is 22.3 Å². The lowest BCUT2D eigenvalue weighted by Gasteiger charge is -2.10. The highest BCUT2D eigenvalue weighted by molar-refractivity contribution is 7.99. The minimum Gasteiger partial charge on any atom is -0.493 e. The zero-order valence-electron chi connectivity index (χ0n) is 16.7. The van der Waals surface area contributed by atoms with Crippen LogP contribution in [0.2, 0.25) is 0 Å². The summed E-state index contributed by atoms with van der Waals surface area (Å²) in [5, 5.41) is 11.1. The molecule has 0 aliphatic carbocycles. The molecule has 8 nitrogen and oxygen atoms in total. The average molecular weight is 426 g/mol. The molecule has 0 radical (unpaired) electrons. The molecule has 1 heterocycles. The van der Waals surface area contributed by atoms with Crippen LogP contribution >= 0.6 is 11.8 Å². The van der Waals surface area contributed by atoms with Crippen molar-refractivity contribution in [2.24, 2.45) is 0 Å². The lowest BCUT2D eigenvalue weighted by atomic mass is 10.1. The maximum absolute atomic E-state index is 12.2. The van der Waals surface area contributed by atoms with E-state index in [1.807, 2.05) is 36.4 Å². The number of hydrogen-bond acceptors (Lipinski definition) is 7. The number of nitrogens with zero attached hydrogens (tertiary/aromatic N) is 2. The number of methoxy groups -OCH3 is 2. The Morgan fingerprint density at radius 1 is 1.07 bits per heavy atom. The van der Waals surface area contributed by atoms with Gasteiger partial charge in [0, 0.05) is 12.1 Å². The Balaban J connectivity index is 1.48. The number of H-pyrrole nitrogens is 1. The van der Waals surface area contributed by atoms with Crippen LogP contribution in [0.25, 0.3) is 11.3 Å². The fourth-order valence-electron chi connectivity index (χ4n) is 2.74. The van der Waals surface area contributed by atoms with Crippen molar-refractivity contribution in [2.75, 3.05) is 26.5 Å².